The standard InChI is InChI=1S/C13H16O3/c1-5-6-15-13(14)16-12-10(3)7-9(2)8-11(12)4/h5,7-8H,1,6H2,2-4H3. The number of rotatable bonds is 3. The van der Waals surface area contributed by atoms with Crippen molar-refractivity contribution in [3.63, 3.8) is 0 Å². The maximum atomic E-state index is 11.3. The number of carbonyl (C=O) groups excluding carboxylic acids is 1. The minimum atomic E-state index is -0.699. The van der Waals surface area contributed by atoms with Crippen LogP contribution in [0, 0.1) is 20.8 Å². The van der Waals surface area contributed by atoms with Gasteiger partial charge in [0.2, 0.25) is 0 Å². The molecule has 1 aromatic rings. The number of benzene rings is 1. The third kappa shape index (κ3) is 3.12. The summed E-state index contributed by atoms with van der Waals surface area (Å²) >= 11 is 0. The molecule has 3 heteroatoms. The number of carbonyl (C=O) groups is 1. The van der Waals surface area contributed by atoms with Gasteiger partial charge in [0.15, 0.2) is 0 Å². The molecule has 16 heavy (non-hydrogen) atoms. The monoisotopic (exact) mass is 220 g/mol. The zero-order valence-corrected chi connectivity index (χ0v) is 9.87. The predicted molar refractivity (Wildman–Crippen MR) is 62.8 cm³/mol. The van der Waals surface area contributed by atoms with Crippen molar-refractivity contribution in [3.05, 3.63) is 41.5 Å². The molecule has 0 atom stereocenters. The highest BCUT2D eigenvalue weighted by Gasteiger charge is 2.10. The second kappa shape index (κ2) is 5.35. The molecule has 0 aliphatic rings. The summed E-state index contributed by atoms with van der Waals surface area (Å²) in [5.41, 5.74) is 2.99. The van der Waals surface area contributed by atoms with Crippen molar-refractivity contribution in [1.82, 2.24) is 0 Å². The highest BCUT2D eigenvalue weighted by atomic mass is 16.7. The van der Waals surface area contributed by atoms with Gasteiger partial charge in [-0.25, -0.2) is 4.79 Å². The van der Waals surface area contributed by atoms with E-state index in [1.54, 1.807) is 0 Å². The second-order valence-corrected chi connectivity index (χ2v) is 3.68. The van der Waals surface area contributed by atoms with E-state index in [1.165, 1.54) is 6.08 Å². The number of ether oxygens (including phenoxy) is 2. The minimum absolute atomic E-state index is 0.156. The van der Waals surface area contributed by atoms with E-state index in [4.69, 9.17) is 9.47 Å². The lowest BCUT2D eigenvalue weighted by molar-refractivity contribution is 0.109. The van der Waals surface area contributed by atoms with Gasteiger partial charge in [0.05, 0.1) is 0 Å². The van der Waals surface area contributed by atoms with E-state index in [1.807, 2.05) is 32.9 Å². The van der Waals surface area contributed by atoms with Crippen LogP contribution >= 0.6 is 0 Å². The molecule has 0 bridgehead atoms. The van der Waals surface area contributed by atoms with Crippen LogP contribution in [0.5, 0.6) is 5.75 Å². The molecule has 0 unspecified atom stereocenters. The van der Waals surface area contributed by atoms with E-state index in [-0.39, 0.29) is 6.61 Å². The zero-order valence-electron chi connectivity index (χ0n) is 9.87. The second-order valence-electron chi connectivity index (χ2n) is 3.68. The van der Waals surface area contributed by atoms with E-state index in [0.29, 0.717) is 5.75 Å². The molecule has 1 aromatic carbocycles. The van der Waals surface area contributed by atoms with Crippen molar-refractivity contribution in [1.29, 1.82) is 0 Å². The number of hydrogen-bond acceptors (Lipinski definition) is 3. The lowest BCUT2D eigenvalue weighted by Crippen LogP contribution is -2.12. The molecule has 0 saturated heterocycles. The minimum Gasteiger partial charge on any atom is -0.430 e. The first-order valence-corrected chi connectivity index (χ1v) is 5.08. The summed E-state index contributed by atoms with van der Waals surface area (Å²) in [5, 5.41) is 0. The Bertz CT molecular complexity index is 385. The van der Waals surface area contributed by atoms with E-state index < -0.39 is 6.16 Å². The smallest absolute Gasteiger partial charge is 0.430 e. The number of aryl methyl sites for hydroxylation is 3. The summed E-state index contributed by atoms with van der Waals surface area (Å²) in [4.78, 5) is 11.3. The van der Waals surface area contributed by atoms with Gasteiger partial charge in [0.25, 0.3) is 0 Å². The maximum absolute atomic E-state index is 11.3. The maximum Gasteiger partial charge on any atom is 0.514 e. The average Bonchev–Trinajstić information content (AvgIpc) is 2.20. The largest absolute Gasteiger partial charge is 0.514 e. The average molecular weight is 220 g/mol. The molecule has 1 rings (SSSR count). The van der Waals surface area contributed by atoms with E-state index >= 15 is 0 Å². The molecule has 0 spiro atoms. The molecular formula is C13H16O3. The molecule has 0 aliphatic heterocycles. The van der Waals surface area contributed by atoms with Crippen molar-refractivity contribution in [2.75, 3.05) is 6.61 Å². The summed E-state index contributed by atoms with van der Waals surface area (Å²) in [6.07, 6.45) is 0.797. The van der Waals surface area contributed by atoms with Crippen molar-refractivity contribution in [3.8, 4) is 5.75 Å². The lowest BCUT2D eigenvalue weighted by Gasteiger charge is -2.10. The van der Waals surface area contributed by atoms with Crippen molar-refractivity contribution < 1.29 is 14.3 Å². The molecule has 86 valence electrons. The normalized spacial score (nSPS) is 9.69. The first kappa shape index (κ1) is 12.3. The van der Waals surface area contributed by atoms with Crippen molar-refractivity contribution >= 4 is 6.16 Å². The van der Waals surface area contributed by atoms with Crippen LogP contribution in [0.3, 0.4) is 0 Å². The molecule has 3 nitrogen and oxygen atoms in total. The SMILES string of the molecule is C=CCOC(=O)Oc1c(C)cc(C)cc1C. The fourth-order valence-electron chi connectivity index (χ4n) is 1.57. The molecule has 0 fully saturated rings. The van der Waals surface area contributed by atoms with Gasteiger partial charge in [0, 0.05) is 0 Å². The summed E-state index contributed by atoms with van der Waals surface area (Å²) in [6.45, 7) is 9.41. The van der Waals surface area contributed by atoms with Crippen LogP contribution in [-0.2, 0) is 4.74 Å². The van der Waals surface area contributed by atoms with Crippen LogP contribution in [0.15, 0.2) is 24.8 Å². The summed E-state index contributed by atoms with van der Waals surface area (Å²) in [6, 6.07) is 3.92. The van der Waals surface area contributed by atoms with Gasteiger partial charge in [-0.3, -0.25) is 0 Å². The lowest BCUT2D eigenvalue weighted by atomic mass is 10.1. The Balaban J connectivity index is 2.81. The Morgan fingerprint density at radius 1 is 1.31 bits per heavy atom. The molecule has 0 N–H and O–H groups in total. The topological polar surface area (TPSA) is 35.5 Å². The summed E-state index contributed by atoms with van der Waals surface area (Å²) in [7, 11) is 0. The Morgan fingerprint density at radius 2 is 1.88 bits per heavy atom. The van der Waals surface area contributed by atoms with Crippen LogP contribution in [0.4, 0.5) is 4.79 Å². The summed E-state index contributed by atoms with van der Waals surface area (Å²) in [5.74, 6) is 0.569. The molecule has 0 heterocycles. The molecule has 0 aliphatic carbocycles. The molecule has 0 radical (unpaired) electrons. The zero-order chi connectivity index (χ0) is 12.1. The van der Waals surface area contributed by atoms with Gasteiger partial charge < -0.3 is 9.47 Å². The van der Waals surface area contributed by atoms with Gasteiger partial charge in [-0.1, -0.05) is 30.4 Å². The van der Waals surface area contributed by atoms with Crippen LogP contribution in [-0.4, -0.2) is 12.8 Å². The fourth-order valence-corrected chi connectivity index (χ4v) is 1.57. The quantitative estimate of drug-likeness (QED) is 0.445. The molecule has 0 aromatic heterocycles. The van der Waals surface area contributed by atoms with Crippen LogP contribution < -0.4 is 4.74 Å². The predicted octanol–water partition coefficient (Wildman–Crippen LogP) is 3.31. The van der Waals surface area contributed by atoms with E-state index in [9.17, 15) is 4.79 Å². The van der Waals surface area contributed by atoms with E-state index in [0.717, 1.165) is 16.7 Å². The fraction of sp³-hybridized carbons (Fsp3) is 0.308. The van der Waals surface area contributed by atoms with Gasteiger partial charge >= 0.3 is 6.16 Å². The van der Waals surface area contributed by atoms with Gasteiger partial charge in [-0.15, -0.1) is 0 Å². The highest BCUT2D eigenvalue weighted by Crippen LogP contribution is 2.24. The van der Waals surface area contributed by atoms with E-state index in [2.05, 4.69) is 6.58 Å². The first-order valence-electron chi connectivity index (χ1n) is 5.08. The van der Waals surface area contributed by atoms with Gasteiger partial charge in [-0.2, -0.15) is 0 Å². The molecular weight excluding hydrogens is 204 g/mol. The summed E-state index contributed by atoms with van der Waals surface area (Å²) < 4.78 is 9.88. The number of hydrogen-bond donors (Lipinski definition) is 0. The Labute approximate surface area is 95.7 Å². The Morgan fingerprint density at radius 3 is 2.38 bits per heavy atom. The Hall–Kier alpha value is -1.77. The molecule has 0 amide bonds. The van der Waals surface area contributed by atoms with Crippen molar-refractivity contribution in [2.24, 2.45) is 0 Å². The van der Waals surface area contributed by atoms with Crippen LogP contribution in [0.25, 0.3) is 0 Å². The van der Waals surface area contributed by atoms with Gasteiger partial charge in [0.1, 0.15) is 12.4 Å². The highest BCUT2D eigenvalue weighted by molar-refractivity contribution is 5.65. The van der Waals surface area contributed by atoms with Crippen LogP contribution in [0.1, 0.15) is 16.7 Å². The Kier molecular flexibility index (Phi) is 4.11. The van der Waals surface area contributed by atoms with Gasteiger partial charge in [-0.05, 0) is 31.9 Å². The third-order valence-electron chi connectivity index (χ3n) is 2.11. The van der Waals surface area contributed by atoms with Crippen molar-refractivity contribution in [2.45, 2.75) is 20.8 Å². The first-order chi connectivity index (χ1) is 7.54. The molecule has 0 saturated carbocycles. The van der Waals surface area contributed by atoms with Crippen LogP contribution in [0.2, 0.25) is 0 Å². The third-order valence-corrected chi connectivity index (χ3v) is 2.11.